The molecule has 1 heterocycles. The van der Waals surface area contributed by atoms with Crippen molar-refractivity contribution in [1.82, 2.24) is 15.1 Å². The van der Waals surface area contributed by atoms with E-state index in [9.17, 15) is 0 Å². The van der Waals surface area contributed by atoms with Gasteiger partial charge in [-0.25, -0.2) is 4.68 Å². The molecule has 3 nitrogen and oxygen atoms in total. The van der Waals surface area contributed by atoms with Gasteiger partial charge in [0.1, 0.15) is 0 Å². The molecule has 88 valence electrons. The third-order valence-electron chi connectivity index (χ3n) is 2.49. The molecule has 0 spiro atoms. The van der Waals surface area contributed by atoms with Crippen LogP contribution in [0.25, 0.3) is 11.8 Å². The van der Waals surface area contributed by atoms with Gasteiger partial charge in [0, 0.05) is 11.8 Å². The molecular weight excluding hydrogens is 210 g/mol. The average molecular weight is 227 g/mol. The molecular formula is C14H17N3. The van der Waals surface area contributed by atoms with Crippen LogP contribution in [0.5, 0.6) is 0 Å². The van der Waals surface area contributed by atoms with E-state index < -0.39 is 0 Å². The van der Waals surface area contributed by atoms with E-state index in [1.165, 1.54) is 0 Å². The lowest BCUT2D eigenvalue weighted by Gasteiger charge is -1.98. The van der Waals surface area contributed by atoms with E-state index in [1.54, 1.807) is 0 Å². The van der Waals surface area contributed by atoms with Gasteiger partial charge < -0.3 is 5.32 Å². The van der Waals surface area contributed by atoms with Crippen molar-refractivity contribution >= 4 is 6.08 Å². The van der Waals surface area contributed by atoms with E-state index in [4.69, 9.17) is 0 Å². The van der Waals surface area contributed by atoms with Gasteiger partial charge in [-0.1, -0.05) is 30.4 Å². The Hall–Kier alpha value is -1.87. The number of hydrogen-bond acceptors (Lipinski definition) is 2. The van der Waals surface area contributed by atoms with Crippen molar-refractivity contribution in [3.8, 4) is 5.69 Å². The van der Waals surface area contributed by atoms with Crippen molar-refractivity contribution in [3.63, 3.8) is 0 Å². The van der Waals surface area contributed by atoms with Gasteiger partial charge in [-0.05, 0) is 32.1 Å². The van der Waals surface area contributed by atoms with Crippen LogP contribution in [-0.4, -0.2) is 23.4 Å². The zero-order valence-electron chi connectivity index (χ0n) is 10.0. The first-order chi connectivity index (χ1) is 8.40. The molecule has 2 rings (SSSR count). The Balaban J connectivity index is 2.04. The van der Waals surface area contributed by atoms with Crippen LogP contribution < -0.4 is 5.32 Å². The first kappa shape index (κ1) is 11.6. The maximum absolute atomic E-state index is 4.34. The van der Waals surface area contributed by atoms with Crippen molar-refractivity contribution in [2.45, 2.75) is 6.42 Å². The maximum atomic E-state index is 4.34. The van der Waals surface area contributed by atoms with Crippen molar-refractivity contribution in [2.75, 3.05) is 13.6 Å². The SMILES string of the molecule is CNCCC=Cc1cnn(-c2ccccc2)c1. The van der Waals surface area contributed by atoms with Crippen LogP contribution in [0.3, 0.4) is 0 Å². The molecule has 0 unspecified atom stereocenters. The van der Waals surface area contributed by atoms with Gasteiger partial charge in [0.15, 0.2) is 0 Å². The highest BCUT2D eigenvalue weighted by molar-refractivity contribution is 5.47. The Kier molecular flexibility index (Phi) is 4.11. The second-order valence-electron chi connectivity index (χ2n) is 3.85. The molecule has 0 amide bonds. The Labute approximate surface area is 102 Å². The number of benzene rings is 1. The highest BCUT2D eigenvalue weighted by Gasteiger charge is 1.96. The van der Waals surface area contributed by atoms with Crippen molar-refractivity contribution in [1.29, 1.82) is 0 Å². The van der Waals surface area contributed by atoms with E-state index in [-0.39, 0.29) is 0 Å². The summed E-state index contributed by atoms with van der Waals surface area (Å²) in [4.78, 5) is 0. The maximum Gasteiger partial charge on any atom is 0.0645 e. The Morgan fingerprint density at radius 2 is 2.12 bits per heavy atom. The minimum Gasteiger partial charge on any atom is -0.319 e. The van der Waals surface area contributed by atoms with Gasteiger partial charge in [-0.2, -0.15) is 5.10 Å². The summed E-state index contributed by atoms with van der Waals surface area (Å²) in [5.41, 5.74) is 2.22. The minimum atomic E-state index is 1.00. The Bertz CT molecular complexity index is 471. The average Bonchev–Trinajstić information content (AvgIpc) is 2.85. The molecule has 0 saturated heterocycles. The first-order valence-corrected chi connectivity index (χ1v) is 5.81. The molecule has 2 aromatic rings. The van der Waals surface area contributed by atoms with Crippen LogP contribution in [0.2, 0.25) is 0 Å². The molecule has 0 atom stereocenters. The molecule has 1 aromatic heterocycles. The van der Waals surface area contributed by atoms with E-state index >= 15 is 0 Å². The zero-order chi connectivity index (χ0) is 11.9. The lowest BCUT2D eigenvalue weighted by atomic mass is 10.3. The van der Waals surface area contributed by atoms with Crippen LogP contribution in [-0.2, 0) is 0 Å². The highest BCUT2D eigenvalue weighted by atomic mass is 15.3. The number of nitrogens with one attached hydrogen (secondary N) is 1. The molecule has 0 aliphatic rings. The summed E-state index contributed by atoms with van der Waals surface area (Å²) in [5.74, 6) is 0. The summed E-state index contributed by atoms with van der Waals surface area (Å²) in [6.45, 7) is 1.00. The van der Waals surface area contributed by atoms with Crippen LogP contribution in [0, 0.1) is 0 Å². The molecule has 0 bridgehead atoms. The third-order valence-corrected chi connectivity index (χ3v) is 2.49. The molecule has 0 radical (unpaired) electrons. The summed E-state index contributed by atoms with van der Waals surface area (Å²) in [6.07, 6.45) is 9.20. The summed E-state index contributed by atoms with van der Waals surface area (Å²) in [5, 5.41) is 7.45. The van der Waals surface area contributed by atoms with E-state index in [2.05, 4.69) is 22.6 Å². The summed E-state index contributed by atoms with van der Waals surface area (Å²) in [6, 6.07) is 10.1. The van der Waals surface area contributed by atoms with Gasteiger partial charge in [0.2, 0.25) is 0 Å². The molecule has 0 aliphatic heterocycles. The van der Waals surface area contributed by atoms with Crippen LogP contribution >= 0.6 is 0 Å². The minimum absolute atomic E-state index is 1.00. The fourth-order valence-corrected chi connectivity index (χ4v) is 1.59. The van der Waals surface area contributed by atoms with E-state index in [0.29, 0.717) is 0 Å². The van der Waals surface area contributed by atoms with E-state index in [0.717, 1.165) is 24.2 Å². The third kappa shape index (κ3) is 3.29. The molecule has 0 fully saturated rings. The number of hydrogen-bond donors (Lipinski definition) is 1. The van der Waals surface area contributed by atoms with Gasteiger partial charge >= 0.3 is 0 Å². The van der Waals surface area contributed by atoms with Crippen LogP contribution in [0.15, 0.2) is 48.8 Å². The molecule has 3 heteroatoms. The fourth-order valence-electron chi connectivity index (χ4n) is 1.59. The lowest BCUT2D eigenvalue weighted by Crippen LogP contribution is -2.05. The smallest absolute Gasteiger partial charge is 0.0645 e. The number of rotatable bonds is 5. The lowest BCUT2D eigenvalue weighted by molar-refractivity contribution is 0.809. The molecule has 0 saturated carbocycles. The van der Waals surface area contributed by atoms with Crippen LogP contribution in [0.4, 0.5) is 0 Å². The van der Waals surface area contributed by atoms with Crippen molar-refractivity contribution < 1.29 is 0 Å². The Morgan fingerprint density at radius 3 is 2.88 bits per heavy atom. The summed E-state index contributed by atoms with van der Waals surface area (Å²) in [7, 11) is 1.96. The normalized spacial score (nSPS) is 11.1. The summed E-state index contributed by atoms with van der Waals surface area (Å²) < 4.78 is 1.89. The second-order valence-corrected chi connectivity index (χ2v) is 3.85. The molecule has 0 aliphatic carbocycles. The number of nitrogens with zero attached hydrogens (tertiary/aromatic N) is 2. The first-order valence-electron chi connectivity index (χ1n) is 5.81. The quantitative estimate of drug-likeness (QED) is 0.795. The largest absolute Gasteiger partial charge is 0.319 e. The second kappa shape index (κ2) is 6.01. The molecule has 17 heavy (non-hydrogen) atoms. The van der Waals surface area contributed by atoms with Gasteiger partial charge in [0.05, 0.1) is 11.9 Å². The number of aromatic nitrogens is 2. The molecule has 1 aromatic carbocycles. The van der Waals surface area contributed by atoms with Crippen molar-refractivity contribution in [2.24, 2.45) is 0 Å². The standard InChI is InChI=1S/C14H17N3/c1-15-10-6-5-7-13-11-16-17(12-13)14-8-3-2-4-9-14/h2-5,7-9,11-12,15H,6,10H2,1H3. The van der Waals surface area contributed by atoms with Gasteiger partial charge in [-0.15, -0.1) is 0 Å². The molecule has 1 N–H and O–H groups in total. The topological polar surface area (TPSA) is 29.9 Å². The monoisotopic (exact) mass is 227 g/mol. The van der Waals surface area contributed by atoms with Gasteiger partial charge in [0.25, 0.3) is 0 Å². The fraction of sp³-hybridized carbons (Fsp3) is 0.214. The highest BCUT2D eigenvalue weighted by Crippen LogP contribution is 2.08. The predicted molar refractivity (Wildman–Crippen MR) is 71.1 cm³/mol. The van der Waals surface area contributed by atoms with E-state index in [1.807, 2.05) is 54.5 Å². The number of para-hydroxylation sites is 1. The predicted octanol–water partition coefficient (Wildman–Crippen LogP) is 2.50. The summed E-state index contributed by atoms with van der Waals surface area (Å²) >= 11 is 0. The van der Waals surface area contributed by atoms with Crippen molar-refractivity contribution in [3.05, 3.63) is 54.4 Å². The van der Waals surface area contributed by atoms with Gasteiger partial charge in [-0.3, -0.25) is 0 Å². The zero-order valence-corrected chi connectivity index (χ0v) is 10.0. The Morgan fingerprint density at radius 1 is 1.29 bits per heavy atom. The van der Waals surface area contributed by atoms with Crippen LogP contribution in [0.1, 0.15) is 12.0 Å².